The number of nitrogens with zero attached hydrogens (tertiary/aromatic N) is 3. The number of ketones is 1. The molecule has 11 heteroatoms. The Morgan fingerprint density at radius 2 is 1.82 bits per heavy atom. The van der Waals surface area contributed by atoms with E-state index in [0.717, 1.165) is 29.8 Å². The second-order valence-corrected chi connectivity index (χ2v) is 10.9. The zero-order chi connectivity index (χ0) is 24.3. The van der Waals surface area contributed by atoms with E-state index in [2.05, 4.69) is 6.92 Å². The van der Waals surface area contributed by atoms with Gasteiger partial charge in [-0.05, 0) is 57.4 Å². The fraction of sp³-hybridized carbons (Fsp3) is 0.591. The van der Waals surface area contributed by atoms with E-state index in [1.54, 1.807) is 6.92 Å². The fourth-order valence-electron chi connectivity index (χ4n) is 4.77. The molecule has 33 heavy (non-hydrogen) atoms. The molecule has 0 spiro atoms. The molecule has 1 saturated carbocycles. The Bertz CT molecular complexity index is 1010. The van der Waals surface area contributed by atoms with Crippen LogP contribution in [0.2, 0.25) is 0 Å². The molecule has 0 aromatic carbocycles. The smallest absolute Gasteiger partial charge is 0.323 e. The topological polar surface area (TPSA) is 145 Å². The van der Waals surface area contributed by atoms with Gasteiger partial charge in [-0.1, -0.05) is 6.92 Å². The molecule has 2 N–H and O–H groups in total. The van der Waals surface area contributed by atoms with Crippen molar-refractivity contribution in [1.82, 2.24) is 9.21 Å². The van der Waals surface area contributed by atoms with Crippen LogP contribution >= 0.6 is 0 Å². The first-order chi connectivity index (χ1) is 15.5. The summed E-state index contributed by atoms with van der Waals surface area (Å²) in [6.45, 7) is 3.34. The predicted molar refractivity (Wildman–Crippen MR) is 119 cm³/mol. The highest BCUT2D eigenvalue weighted by Crippen LogP contribution is 2.32. The van der Waals surface area contributed by atoms with Crippen LogP contribution in [0, 0.1) is 17.5 Å². The molecule has 3 rings (SSSR count). The number of hydrogen-bond acceptors (Lipinski definition) is 6. The van der Waals surface area contributed by atoms with Gasteiger partial charge in [0.2, 0.25) is 11.8 Å². The molecule has 2 amide bonds. The van der Waals surface area contributed by atoms with E-state index in [4.69, 9.17) is 5.73 Å². The van der Waals surface area contributed by atoms with Gasteiger partial charge in [0.25, 0.3) is 0 Å². The molecule has 1 aliphatic carbocycles. The number of aromatic nitrogens is 1. The van der Waals surface area contributed by atoms with Gasteiger partial charge < -0.3 is 15.8 Å². The highest BCUT2D eigenvalue weighted by atomic mass is 32.2. The summed E-state index contributed by atoms with van der Waals surface area (Å²) in [5, 5.41) is 11.6. The average molecular weight is 480 g/mol. The first kappa shape index (κ1) is 25.1. The fourth-order valence-corrected chi connectivity index (χ4v) is 6.43. The Labute approximate surface area is 194 Å². The van der Waals surface area contributed by atoms with Crippen LogP contribution < -0.4 is 10.5 Å². The van der Waals surface area contributed by atoms with Crippen LogP contribution in [0.15, 0.2) is 29.4 Å². The maximum atomic E-state index is 13.4. The molecule has 0 unspecified atom stereocenters. The van der Waals surface area contributed by atoms with E-state index >= 15 is 0 Å². The number of hydrogen-bond donors (Lipinski definition) is 1. The van der Waals surface area contributed by atoms with Crippen molar-refractivity contribution in [2.75, 3.05) is 6.54 Å². The van der Waals surface area contributed by atoms with Crippen molar-refractivity contribution in [2.24, 2.45) is 11.7 Å². The lowest BCUT2D eigenvalue weighted by Gasteiger charge is -2.40. The van der Waals surface area contributed by atoms with Crippen LogP contribution in [0.3, 0.4) is 0 Å². The molecule has 1 aromatic rings. The van der Waals surface area contributed by atoms with Crippen molar-refractivity contribution < 1.29 is 27.5 Å². The summed E-state index contributed by atoms with van der Waals surface area (Å²) in [5.74, 6) is -1.45. The number of carbonyl (C=O) groups is 3. The van der Waals surface area contributed by atoms with Gasteiger partial charge in [-0.3, -0.25) is 14.4 Å². The minimum atomic E-state index is -4.24. The molecule has 181 valence electrons. The Kier molecular flexibility index (Phi) is 7.73. The van der Waals surface area contributed by atoms with Crippen LogP contribution in [-0.4, -0.2) is 59.9 Å². The van der Waals surface area contributed by atoms with Gasteiger partial charge in [0.15, 0.2) is 12.0 Å². The van der Waals surface area contributed by atoms with E-state index in [9.17, 15) is 28.0 Å². The number of rotatable bonds is 6. The number of amides is 2. The van der Waals surface area contributed by atoms with Gasteiger partial charge in [0, 0.05) is 24.2 Å². The molecule has 2 fully saturated rings. The van der Waals surface area contributed by atoms with Crippen molar-refractivity contribution in [2.45, 2.75) is 75.5 Å². The quantitative estimate of drug-likeness (QED) is 0.358. The summed E-state index contributed by atoms with van der Waals surface area (Å²) >= 11 is 0. The molecular formula is C22H31N4O6S. The van der Waals surface area contributed by atoms with Gasteiger partial charge in [-0.2, -0.15) is 9.04 Å². The monoisotopic (exact) mass is 479 g/mol. The maximum Gasteiger partial charge on any atom is 0.323 e. The third kappa shape index (κ3) is 5.52. The van der Waals surface area contributed by atoms with Crippen LogP contribution in [-0.2, 0) is 24.4 Å². The third-order valence-corrected chi connectivity index (χ3v) is 8.58. The first-order valence-electron chi connectivity index (χ1n) is 11.2. The second kappa shape index (κ2) is 10.2. The summed E-state index contributed by atoms with van der Waals surface area (Å²) < 4.78 is 27.7. The molecular weight excluding hydrogens is 448 g/mol. The van der Waals surface area contributed by atoms with Crippen LogP contribution in [0.1, 0.15) is 52.4 Å². The Morgan fingerprint density at radius 1 is 1.15 bits per heavy atom. The third-order valence-electron chi connectivity index (χ3n) is 6.63. The van der Waals surface area contributed by atoms with Gasteiger partial charge in [-0.15, -0.1) is 0 Å². The standard InChI is InChI=1S/C22H31N4O6S/c1-15-6-9-17(10-7-15)26(21(29)13-20(23)28)18-11-8-16(2)25(14-19(18)27)33(31,32)22-5-3-4-12-24(22)30/h3-5,12-13,15-18H,6-11,14H2,1-2H3,(H2,23,28)/t15?,16-,17?,18+/m1/s1. The lowest BCUT2D eigenvalue weighted by Crippen LogP contribution is -2.54. The van der Waals surface area contributed by atoms with Gasteiger partial charge in [0.05, 0.1) is 12.6 Å². The lowest BCUT2D eigenvalue weighted by atomic mass is 9.85. The zero-order valence-corrected chi connectivity index (χ0v) is 19.7. The van der Waals surface area contributed by atoms with Crippen molar-refractivity contribution in [1.29, 1.82) is 0 Å². The molecule has 1 saturated heterocycles. The van der Waals surface area contributed by atoms with Crippen LogP contribution in [0.4, 0.5) is 0 Å². The normalized spacial score (nSPS) is 27.0. The van der Waals surface area contributed by atoms with Gasteiger partial charge >= 0.3 is 15.0 Å². The Morgan fingerprint density at radius 3 is 2.42 bits per heavy atom. The highest BCUT2D eigenvalue weighted by molar-refractivity contribution is 7.89. The number of nitrogens with two attached hydrogens (primary N) is 1. The summed E-state index contributed by atoms with van der Waals surface area (Å²) in [7, 11) is -4.24. The molecule has 0 bridgehead atoms. The second-order valence-electron chi connectivity index (χ2n) is 9.03. The Hall–Kier alpha value is -2.53. The minimum Gasteiger partial charge on any atom is -0.618 e. The minimum absolute atomic E-state index is 0.227. The first-order valence-corrected chi connectivity index (χ1v) is 12.7. The van der Waals surface area contributed by atoms with E-state index in [0.29, 0.717) is 25.2 Å². The number of sulfonamides is 1. The van der Waals surface area contributed by atoms with E-state index in [1.165, 1.54) is 23.1 Å². The van der Waals surface area contributed by atoms with E-state index in [1.807, 2.05) is 0 Å². The van der Waals surface area contributed by atoms with E-state index in [-0.39, 0.29) is 17.2 Å². The van der Waals surface area contributed by atoms with E-state index < -0.39 is 51.3 Å². The molecule has 1 radical (unpaired) electrons. The molecule has 1 aromatic heterocycles. The molecule has 1 aliphatic heterocycles. The Balaban J connectivity index is 1.90. The molecule has 2 heterocycles. The summed E-state index contributed by atoms with van der Waals surface area (Å²) in [6.07, 6.45) is 5.61. The summed E-state index contributed by atoms with van der Waals surface area (Å²) in [4.78, 5) is 39.2. The van der Waals surface area contributed by atoms with Gasteiger partial charge in [0.1, 0.15) is 6.42 Å². The number of pyridine rings is 1. The summed E-state index contributed by atoms with van der Waals surface area (Å²) in [6, 6.07) is 2.40. The van der Waals surface area contributed by atoms with Crippen molar-refractivity contribution in [3.05, 3.63) is 36.0 Å². The number of carbonyl (C=O) groups excluding carboxylic acids is 3. The van der Waals surface area contributed by atoms with Gasteiger partial charge in [-0.25, -0.2) is 8.42 Å². The average Bonchev–Trinajstić information content (AvgIpc) is 2.89. The largest absolute Gasteiger partial charge is 0.618 e. The van der Waals surface area contributed by atoms with Crippen molar-refractivity contribution in [3.8, 4) is 0 Å². The summed E-state index contributed by atoms with van der Waals surface area (Å²) in [5.41, 5.74) is 5.21. The molecule has 2 aliphatic rings. The van der Waals surface area contributed by atoms with Crippen LogP contribution in [0.25, 0.3) is 0 Å². The number of primary amides is 1. The predicted octanol–water partition coefficient (Wildman–Crippen LogP) is 0.528. The highest BCUT2D eigenvalue weighted by Gasteiger charge is 2.43. The zero-order valence-electron chi connectivity index (χ0n) is 18.9. The number of Topliss-reactive ketones (excluding diaryl/α,β-unsaturated/α-hetero) is 1. The molecule has 2 atom stereocenters. The SMILES string of the molecule is CC1CCC(N(C(=O)[CH]C(N)=O)[C@H]2CC[C@@H](C)N(S(=O)(=O)c3cccc[n+]3[O-])CC2=O)CC1. The lowest BCUT2D eigenvalue weighted by molar-refractivity contribution is -0.646. The van der Waals surface area contributed by atoms with Crippen molar-refractivity contribution in [3.63, 3.8) is 0 Å². The van der Waals surface area contributed by atoms with Crippen LogP contribution in [0.5, 0.6) is 0 Å². The molecule has 10 nitrogen and oxygen atoms in total. The maximum absolute atomic E-state index is 13.4. The van der Waals surface area contributed by atoms with Crippen molar-refractivity contribution >= 4 is 27.6 Å².